The first-order valence-electron chi connectivity index (χ1n) is 4.55. The van der Waals surface area contributed by atoms with Gasteiger partial charge >= 0.3 is 58.2 Å². The summed E-state index contributed by atoms with van der Waals surface area (Å²) in [7, 11) is 0. The second-order valence-electron chi connectivity index (χ2n) is 3.32. The summed E-state index contributed by atoms with van der Waals surface area (Å²) in [6.45, 7) is 3.97. The summed E-state index contributed by atoms with van der Waals surface area (Å²) in [6.07, 6.45) is 1.79. The van der Waals surface area contributed by atoms with Crippen LogP contribution in [0.5, 0.6) is 5.75 Å². The molecule has 0 amide bonds. The molecule has 72 valence electrons. The van der Waals surface area contributed by atoms with E-state index in [4.69, 9.17) is 4.74 Å². The summed E-state index contributed by atoms with van der Waals surface area (Å²) in [6, 6.07) is 8.54. The van der Waals surface area contributed by atoms with Crippen molar-refractivity contribution >= 4 is 10.9 Å². The van der Waals surface area contributed by atoms with E-state index in [0.29, 0.717) is 0 Å². The molecule has 0 bridgehead atoms. The van der Waals surface area contributed by atoms with Gasteiger partial charge in [-0.25, -0.2) is 5.10 Å². The van der Waals surface area contributed by atoms with E-state index in [1.807, 2.05) is 26.0 Å². The number of rotatable bonds is 2. The van der Waals surface area contributed by atoms with E-state index in [1.54, 1.807) is 12.3 Å². The predicted octanol–water partition coefficient (Wildman–Crippen LogP) is -0.779. The third-order valence-corrected chi connectivity index (χ3v) is 1.81. The molecular formula is C11H11N2ORb. The first kappa shape index (κ1) is 13.2. The van der Waals surface area contributed by atoms with E-state index in [9.17, 15) is 0 Å². The number of hydrogen-bond acceptors (Lipinski definition) is 3. The topological polar surface area (TPSA) is 35.0 Å². The van der Waals surface area contributed by atoms with Crippen molar-refractivity contribution in [2.24, 2.45) is 0 Å². The van der Waals surface area contributed by atoms with E-state index in [1.165, 1.54) is 0 Å². The molecule has 0 aliphatic carbocycles. The zero-order chi connectivity index (χ0) is 9.97. The van der Waals surface area contributed by atoms with E-state index in [-0.39, 0.29) is 64.3 Å². The van der Waals surface area contributed by atoms with Gasteiger partial charge in [-0.2, -0.15) is 23.3 Å². The molecule has 3 nitrogen and oxygen atoms in total. The first-order chi connectivity index (χ1) is 6.77. The van der Waals surface area contributed by atoms with Gasteiger partial charge in [0.05, 0.1) is 12.3 Å². The van der Waals surface area contributed by atoms with Crippen LogP contribution in [0.2, 0.25) is 0 Å². The van der Waals surface area contributed by atoms with Crippen LogP contribution < -0.4 is 62.9 Å². The molecule has 0 aliphatic rings. The Bertz CT molecular complexity index is 440. The van der Waals surface area contributed by atoms with Gasteiger partial charge in [0.1, 0.15) is 5.75 Å². The van der Waals surface area contributed by atoms with Crippen LogP contribution in [0.4, 0.5) is 0 Å². The number of fused-ring (bicyclic) bond motifs is 1. The molecule has 0 spiro atoms. The number of hydrogen-bond donors (Lipinski definition) is 0. The number of benzene rings is 1. The van der Waals surface area contributed by atoms with Gasteiger partial charge < -0.3 is 4.74 Å². The van der Waals surface area contributed by atoms with Crippen LogP contribution in [-0.2, 0) is 0 Å². The second kappa shape index (κ2) is 6.04. The van der Waals surface area contributed by atoms with Crippen LogP contribution in [0.3, 0.4) is 0 Å². The number of nitrogens with zero attached hydrogens (tertiary/aromatic N) is 2. The van der Waals surface area contributed by atoms with E-state index in [0.717, 1.165) is 16.7 Å². The molecule has 0 atom stereocenters. The summed E-state index contributed by atoms with van der Waals surface area (Å²) in [5.74, 6) is 0.777. The zero-order valence-corrected chi connectivity index (χ0v) is 14.1. The van der Waals surface area contributed by atoms with Gasteiger partial charge in [-0.1, -0.05) is 5.39 Å². The molecule has 0 N–H and O–H groups in total. The monoisotopic (exact) mass is 272 g/mol. The molecule has 0 aliphatic heterocycles. The summed E-state index contributed by atoms with van der Waals surface area (Å²) in [5, 5.41) is 8.84. The van der Waals surface area contributed by atoms with E-state index in [2.05, 4.69) is 16.3 Å². The van der Waals surface area contributed by atoms with Gasteiger partial charge in [-0.15, -0.1) is 6.07 Å². The normalized spacial score (nSPS) is 10.1. The van der Waals surface area contributed by atoms with Crippen molar-refractivity contribution in [1.29, 1.82) is 0 Å². The molecule has 2 rings (SSSR count). The van der Waals surface area contributed by atoms with Gasteiger partial charge in [-0.3, -0.25) is 0 Å². The first-order valence-corrected chi connectivity index (χ1v) is 4.55. The largest absolute Gasteiger partial charge is 1.00 e. The fourth-order valence-corrected chi connectivity index (χ4v) is 1.27. The Labute approximate surface area is 138 Å². The van der Waals surface area contributed by atoms with Crippen LogP contribution in [0, 0.1) is 6.07 Å². The average molecular weight is 273 g/mol. The third kappa shape index (κ3) is 3.31. The van der Waals surface area contributed by atoms with Crippen molar-refractivity contribution in [3.63, 3.8) is 0 Å². The average Bonchev–Trinajstić information content (AvgIpc) is 2.18. The minimum Gasteiger partial charge on any atom is -0.491 e. The van der Waals surface area contributed by atoms with Crippen LogP contribution in [0.25, 0.3) is 10.9 Å². The molecule has 0 saturated heterocycles. The fourth-order valence-electron chi connectivity index (χ4n) is 1.27. The van der Waals surface area contributed by atoms with Gasteiger partial charge in [0.15, 0.2) is 0 Å². The van der Waals surface area contributed by atoms with Crippen molar-refractivity contribution in [1.82, 2.24) is 10.2 Å². The van der Waals surface area contributed by atoms with E-state index < -0.39 is 0 Å². The summed E-state index contributed by atoms with van der Waals surface area (Å²) < 4.78 is 5.61. The van der Waals surface area contributed by atoms with Crippen LogP contribution >= 0.6 is 0 Å². The van der Waals surface area contributed by atoms with Crippen LogP contribution in [0.1, 0.15) is 13.8 Å². The molecule has 0 unspecified atom stereocenters. The summed E-state index contributed by atoms with van der Waals surface area (Å²) in [5.41, 5.74) is 0.811. The van der Waals surface area contributed by atoms with Crippen LogP contribution in [0.15, 0.2) is 24.4 Å². The molecular weight excluding hydrogens is 262 g/mol. The van der Waals surface area contributed by atoms with Crippen molar-refractivity contribution < 1.29 is 62.9 Å². The Morgan fingerprint density at radius 3 is 2.93 bits per heavy atom. The molecule has 0 fully saturated rings. The second-order valence-corrected chi connectivity index (χ2v) is 3.32. The van der Waals surface area contributed by atoms with Crippen molar-refractivity contribution in [2.75, 3.05) is 0 Å². The smallest absolute Gasteiger partial charge is 0.491 e. The van der Waals surface area contributed by atoms with Gasteiger partial charge in [0, 0.05) is 0 Å². The Hall–Kier alpha value is 0.165. The summed E-state index contributed by atoms with van der Waals surface area (Å²) in [4.78, 5) is 0. The quantitative estimate of drug-likeness (QED) is 0.673. The summed E-state index contributed by atoms with van der Waals surface area (Å²) >= 11 is 0. The van der Waals surface area contributed by atoms with Crippen LogP contribution in [-0.4, -0.2) is 16.3 Å². The number of ether oxygens (including phenoxy) is 1. The van der Waals surface area contributed by atoms with Gasteiger partial charge in [0.2, 0.25) is 0 Å². The number of aromatic nitrogens is 2. The predicted molar refractivity (Wildman–Crippen MR) is 54.1 cm³/mol. The Kier molecular flexibility index (Phi) is 5.33. The van der Waals surface area contributed by atoms with Gasteiger partial charge in [-0.05, 0) is 19.4 Å². The standard InChI is InChI=1S/C11H11N2O.Rb/c1-8(2)14-11-7-12-13-10-6-4-3-5-9(10)11;/h3,5-8H,1-2H3;/q-1;+1. The minimum atomic E-state index is 0. The minimum absolute atomic E-state index is 0. The maximum absolute atomic E-state index is 5.61. The Morgan fingerprint density at radius 2 is 2.20 bits per heavy atom. The molecule has 15 heavy (non-hydrogen) atoms. The Morgan fingerprint density at radius 1 is 1.40 bits per heavy atom. The zero-order valence-electron chi connectivity index (χ0n) is 9.19. The third-order valence-electron chi connectivity index (χ3n) is 1.81. The van der Waals surface area contributed by atoms with Crippen molar-refractivity contribution in [3.8, 4) is 5.75 Å². The molecule has 1 heterocycles. The maximum atomic E-state index is 5.61. The van der Waals surface area contributed by atoms with Crippen molar-refractivity contribution in [2.45, 2.75) is 20.0 Å². The fraction of sp³-hybridized carbons (Fsp3) is 0.273. The van der Waals surface area contributed by atoms with E-state index >= 15 is 0 Å². The SMILES string of the molecule is CC(C)Oc1cnnc2c[c-]ccc12.[Rb+]. The molecule has 2 aromatic rings. The molecule has 4 heteroatoms. The van der Waals surface area contributed by atoms with Crippen molar-refractivity contribution in [3.05, 3.63) is 30.5 Å². The molecule has 0 radical (unpaired) electrons. The Balaban J connectivity index is 0.00000112. The molecule has 0 saturated carbocycles. The maximum Gasteiger partial charge on any atom is 1.00 e. The molecule has 1 aromatic heterocycles. The van der Waals surface area contributed by atoms with Gasteiger partial charge in [0.25, 0.3) is 0 Å². The molecule has 1 aromatic carbocycles.